The molecule has 0 aliphatic carbocycles. The summed E-state index contributed by atoms with van der Waals surface area (Å²) in [7, 11) is 0. The van der Waals surface area contributed by atoms with Gasteiger partial charge in [0.05, 0.1) is 5.69 Å². The highest BCUT2D eigenvalue weighted by atomic mass is 15.2. The summed E-state index contributed by atoms with van der Waals surface area (Å²) in [6.45, 7) is 3.05. The third kappa shape index (κ3) is 4.12. The first-order valence-electron chi connectivity index (χ1n) is 11.3. The van der Waals surface area contributed by atoms with Crippen LogP contribution < -0.4 is 0 Å². The van der Waals surface area contributed by atoms with Crippen molar-refractivity contribution in [2.24, 2.45) is 0 Å². The molecule has 5 aromatic rings. The summed E-state index contributed by atoms with van der Waals surface area (Å²) in [5.74, 6) is 2.78. The molecule has 164 valence electrons. The van der Waals surface area contributed by atoms with E-state index in [2.05, 4.69) is 54.3 Å². The van der Waals surface area contributed by atoms with Gasteiger partial charge >= 0.3 is 0 Å². The predicted molar refractivity (Wildman–Crippen MR) is 125 cm³/mol. The van der Waals surface area contributed by atoms with Crippen molar-refractivity contribution < 1.29 is 0 Å². The van der Waals surface area contributed by atoms with Gasteiger partial charge in [-0.1, -0.05) is 30.3 Å². The Bertz CT molecular complexity index is 1320. The summed E-state index contributed by atoms with van der Waals surface area (Å²) in [4.78, 5) is 20.5. The number of H-pyrrole nitrogens is 1. The number of hydrogen-bond acceptors (Lipinski definition) is 6. The highest BCUT2D eigenvalue weighted by Gasteiger charge is 2.23. The van der Waals surface area contributed by atoms with Crippen LogP contribution in [0.5, 0.6) is 0 Å². The van der Waals surface area contributed by atoms with Crippen LogP contribution in [0.25, 0.3) is 28.6 Å². The fourth-order valence-corrected chi connectivity index (χ4v) is 4.44. The molecule has 1 saturated heterocycles. The molecule has 1 aliphatic heterocycles. The monoisotopic (exact) mass is 436 g/mol. The van der Waals surface area contributed by atoms with Crippen LogP contribution in [0.3, 0.4) is 0 Å². The van der Waals surface area contributed by atoms with E-state index in [0.29, 0.717) is 11.7 Å². The first kappa shape index (κ1) is 19.8. The zero-order valence-corrected chi connectivity index (χ0v) is 18.2. The minimum atomic E-state index is 0.414. The van der Waals surface area contributed by atoms with Crippen LogP contribution in [0.4, 0.5) is 0 Å². The Morgan fingerprint density at radius 2 is 1.73 bits per heavy atom. The summed E-state index contributed by atoms with van der Waals surface area (Å²) in [6.07, 6.45) is 9.66. The van der Waals surface area contributed by atoms with Gasteiger partial charge in [0, 0.05) is 42.8 Å². The van der Waals surface area contributed by atoms with Gasteiger partial charge in [-0.25, -0.2) is 15.0 Å². The number of rotatable bonds is 5. The van der Waals surface area contributed by atoms with Gasteiger partial charge in [0.25, 0.3) is 0 Å². The summed E-state index contributed by atoms with van der Waals surface area (Å²) in [5, 5.41) is 7.51. The van der Waals surface area contributed by atoms with Gasteiger partial charge in [-0.15, -0.1) is 0 Å². The lowest BCUT2D eigenvalue weighted by molar-refractivity contribution is 0.202. The Balaban J connectivity index is 1.07. The SMILES string of the molecule is c1ccc(-c2n[nH]c(C3CCN(Cc4ccc(-c5cn6cccnc6n5)cc4)CC3)n2)nc1. The van der Waals surface area contributed by atoms with Crippen molar-refractivity contribution >= 4 is 5.78 Å². The molecule has 0 unspecified atom stereocenters. The van der Waals surface area contributed by atoms with Gasteiger partial charge < -0.3 is 0 Å². The van der Waals surface area contributed by atoms with Gasteiger partial charge in [-0.3, -0.25) is 19.4 Å². The zero-order chi connectivity index (χ0) is 22.0. The Labute approximate surface area is 191 Å². The van der Waals surface area contributed by atoms with E-state index in [9.17, 15) is 0 Å². The van der Waals surface area contributed by atoms with Gasteiger partial charge in [-0.2, -0.15) is 5.10 Å². The van der Waals surface area contributed by atoms with E-state index in [-0.39, 0.29) is 0 Å². The number of piperidine rings is 1. The second-order valence-electron chi connectivity index (χ2n) is 8.46. The molecule has 1 fully saturated rings. The quantitative estimate of drug-likeness (QED) is 0.449. The fraction of sp³-hybridized carbons (Fsp3) is 0.240. The fourth-order valence-electron chi connectivity index (χ4n) is 4.44. The highest BCUT2D eigenvalue weighted by Crippen LogP contribution is 2.28. The first-order chi connectivity index (χ1) is 16.3. The van der Waals surface area contributed by atoms with Crippen molar-refractivity contribution in [1.29, 1.82) is 0 Å². The number of benzene rings is 1. The molecule has 1 aliphatic rings. The summed E-state index contributed by atoms with van der Waals surface area (Å²) >= 11 is 0. The van der Waals surface area contributed by atoms with Gasteiger partial charge in [0.1, 0.15) is 11.5 Å². The average Bonchev–Trinajstić information content (AvgIpc) is 3.53. The topological polar surface area (TPSA) is 87.9 Å². The van der Waals surface area contributed by atoms with Crippen molar-refractivity contribution in [1.82, 2.24) is 39.4 Å². The van der Waals surface area contributed by atoms with Crippen LogP contribution in [-0.2, 0) is 6.54 Å². The molecule has 0 spiro atoms. The number of pyridine rings is 1. The number of nitrogens with one attached hydrogen (secondary N) is 1. The molecule has 5 heterocycles. The summed E-state index contributed by atoms with van der Waals surface area (Å²) in [5.41, 5.74) is 4.17. The Morgan fingerprint density at radius 1 is 0.879 bits per heavy atom. The van der Waals surface area contributed by atoms with Crippen LogP contribution in [0.15, 0.2) is 73.3 Å². The molecule has 0 atom stereocenters. The standard InChI is InChI=1S/C25H24N8/c1-2-11-26-21(4-1)24-29-23(30-31-24)20-9-14-32(15-10-20)16-18-5-7-19(8-6-18)22-17-33-13-3-12-27-25(33)28-22/h1-8,11-13,17,20H,9-10,14-16H2,(H,29,30,31). The maximum Gasteiger partial charge on any atom is 0.234 e. The van der Waals surface area contributed by atoms with Gasteiger partial charge in [-0.05, 0) is 49.7 Å². The molecule has 0 bridgehead atoms. The third-order valence-electron chi connectivity index (χ3n) is 6.26. The van der Waals surface area contributed by atoms with E-state index in [1.54, 1.807) is 12.4 Å². The number of aromatic nitrogens is 7. The predicted octanol–water partition coefficient (Wildman–Crippen LogP) is 3.96. The maximum atomic E-state index is 4.71. The second-order valence-corrected chi connectivity index (χ2v) is 8.46. The third-order valence-corrected chi connectivity index (χ3v) is 6.26. The highest BCUT2D eigenvalue weighted by molar-refractivity contribution is 5.61. The number of hydrogen-bond donors (Lipinski definition) is 1. The van der Waals surface area contributed by atoms with Crippen molar-refractivity contribution in [2.75, 3.05) is 13.1 Å². The van der Waals surface area contributed by atoms with E-state index in [1.165, 1.54) is 5.56 Å². The lowest BCUT2D eigenvalue weighted by atomic mass is 9.95. The minimum Gasteiger partial charge on any atom is -0.299 e. The molecule has 0 amide bonds. The Kier molecular flexibility index (Phi) is 5.12. The average molecular weight is 437 g/mol. The van der Waals surface area contributed by atoms with Crippen molar-refractivity contribution in [2.45, 2.75) is 25.3 Å². The molecule has 6 rings (SSSR count). The molecular weight excluding hydrogens is 412 g/mol. The number of fused-ring (bicyclic) bond motifs is 1. The summed E-state index contributed by atoms with van der Waals surface area (Å²) in [6, 6.07) is 16.4. The van der Waals surface area contributed by atoms with Crippen molar-refractivity contribution in [3.8, 4) is 22.8 Å². The number of imidazole rings is 1. The maximum absolute atomic E-state index is 4.71. The molecule has 0 saturated carbocycles. The van der Waals surface area contributed by atoms with Crippen molar-refractivity contribution in [3.05, 3.63) is 84.7 Å². The van der Waals surface area contributed by atoms with E-state index >= 15 is 0 Å². The van der Waals surface area contributed by atoms with E-state index in [0.717, 1.165) is 61.0 Å². The van der Waals surface area contributed by atoms with Crippen LogP contribution >= 0.6 is 0 Å². The lowest BCUT2D eigenvalue weighted by Gasteiger charge is -2.30. The van der Waals surface area contributed by atoms with Crippen LogP contribution in [0.1, 0.15) is 30.1 Å². The zero-order valence-electron chi connectivity index (χ0n) is 18.2. The van der Waals surface area contributed by atoms with E-state index in [4.69, 9.17) is 4.98 Å². The van der Waals surface area contributed by atoms with Gasteiger partial charge in [0.2, 0.25) is 5.78 Å². The number of aromatic amines is 1. The smallest absolute Gasteiger partial charge is 0.234 e. The molecule has 4 aromatic heterocycles. The van der Waals surface area contributed by atoms with E-state index in [1.807, 2.05) is 41.1 Å². The number of likely N-dealkylation sites (tertiary alicyclic amines) is 1. The number of nitrogens with zero attached hydrogens (tertiary/aromatic N) is 7. The van der Waals surface area contributed by atoms with Gasteiger partial charge in [0.15, 0.2) is 5.82 Å². The molecule has 33 heavy (non-hydrogen) atoms. The first-order valence-corrected chi connectivity index (χ1v) is 11.3. The Hall–Kier alpha value is -3.91. The Morgan fingerprint density at radius 3 is 2.52 bits per heavy atom. The molecule has 1 N–H and O–H groups in total. The molecule has 8 heteroatoms. The molecular formula is C25H24N8. The lowest BCUT2D eigenvalue weighted by Crippen LogP contribution is -2.32. The molecule has 8 nitrogen and oxygen atoms in total. The second kappa shape index (κ2) is 8.55. The molecule has 0 radical (unpaired) electrons. The van der Waals surface area contributed by atoms with Crippen LogP contribution in [-0.4, -0.2) is 52.5 Å². The molecule has 1 aromatic carbocycles. The largest absolute Gasteiger partial charge is 0.299 e. The van der Waals surface area contributed by atoms with Crippen LogP contribution in [0, 0.1) is 0 Å². The van der Waals surface area contributed by atoms with Crippen molar-refractivity contribution in [3.63, 3.8) is 0 Å². The van der Waals surface area contributed by atoms with Crippen LogP contribution in [0.2, 0.25) is 0 Å². The summed E-state index contributed by atoms with van der Waals surface area (Å²) < 4.78 is 1.95. The van der Waals surface area contributed by atoms with E-state index < -0.39 is 0 Å². The normalized spacial score (nSPS) is 15.3. The minimum absolute atomic E-state index is 0.414.